The van der Waals surface area contributed by atoms with Gasteiger partial charge in [0.25, 0.3) is 0 Å². The molecule has 14 heavy (non-hydrogen) atoms. The topological polar surface area (TPSA) is 0 Å². The van der Waals surface area contributed by atoms with Crippen LogP contribution in [-0.4, -0.2) is 0 Å². The lowest BCUT2D eigenvalue weighted by atomic mass is 10.1. The molecule has 0 aliphatic rings. The lowest BCUT2D eigenvalue weighted by molar-refractivity contribution is 1.27. The van der Waals surface area contributed by atoms with Crippen LogP contribution in [-0.2, 0) is 11.8 Å². The Balaban J connectivity index is 3.56. The Morgan fingerprint density at radius 1 is 0.786 bits per heavy atom. The summed E-state index contributed by atoms with van der Waals surface area (Å²) in [6.07, 6.45) is 0. The number of benzene rings is 1. The van der Waals surface area contributed by atoms with Gasteiger partial charge in [-0.15, -0.1) is 23.2 Å². The number of rotatable bonds is 2. The molecule has 0 spiro atoms. The molecule has 0 amide bonds. The Hall–Kier alpha value is 0.670. The lowest BCUT2D eigenvalue weighted by Crippen LogP contribution is -1.94. The van der Waals surface area contributed by atoms with Crippen LogP contribution in [0.1, 0.15) is 16.7 Å². The van der Waals surface area contributed by atoms with Crippen molar-refractivity contribution in [2.75, 3.05) is 0 Å². The largest absolute Gasteiger partial charge is 0.121 e. The van der Waals surface area contributed by atoms with Crippen LogP contribution in [0, 0.1) is 6.92 Å². The fraction of sp³-hybridized carbons (Fsp3) is 0.333. The molecule has 0 nitrogen and oxygen atoms in total. The van der Waals surface area contributed by atoms with Gasteiger partial charge >= 0.3 is 0 Å². The standard InChI is InChI=1S/C9H7Cl5/c1-4-7(12)5(2-10)9(14)6(3-11)8(4)13/h2-3H2,1H3. The van der Waals surface area contributed by atoms with Crippen LogP contribution in [0.5, 0.6) is 0 Å². The molecule has 0 radical (unpaired) electrons. The van der Waals surface area contributed by atoms with E-state index in [2.05, 4.69) is 0 Å². The third kappa shape index (κ3) is 2.10. The normalized spacial score (nSPS) is 10.7. The minimum Gasteiger partial charge on any atom is -0.121 e. The first-order chi connectivity index (χ1) is 6.54. The van der Waals surface area contributed by atoms with Crippen LogP contribution >= 0.6 is 58.0 Å². The first-order valence-corrected chi connectivity index (χ1v) is 6.01. The molecule has 1 aromatic rings. The molecule has 0 bridgehead atoms. The summed E-state index contributed by atoms with van der Waals surface area (Å²) in [6.45, 7) is 1.81. The van der Waals surface area contributed by atoms with Crippen LogP contribution in [0.3, 0.4) is 0 Å². The predicted molar refractivity (Wildman–Crippen MR) is 65.3 cm³/mol. The van der Waals surface area contributed by atoms with Gasteiger partial charge in [-0.3, -0.25) is 0 Å². The van der Waals surface area contributed by atoms with E-state index in [9.17, 15) is 0 Å². The maximum atomic E-state index is 6.05. The van der Waals surface area contributed by atoms with Gasteiger partial charge in [0, 0.05) is 11.1 Å². The SMILES string of the molecule is Cc1c(Cl)c(CCl)c(Cl)c(CCl)c1Cl. The summed E-state index contributed by atoms with van der Waals surface area (Å²) in [5.74, 6) is 0.499. The number of halogens is 5. The Labute approximate surface area is 108 Å². The van der Waals surface area contributed by atoms with Crippen molar-refractivity contribution < 1.29 is 0 Å². The van der Waals surface area contributed by atoms with E-state index in [0.717, 1.165) is 5.56 Å². The molecule has 1 aromatic carbocycles. The number of alkyl halides is 2. The van der Waals surface area contributed by atoms with E-state index >= 15 is 0 Å². The van der Waals surface area contributed by atoms with Crippen LogP contribution in [0.15, 0.2) is 0 Å². The highest BCUT2D eigenvalue weighted by atomic mass is 35.5. The van der Waals surface area contributed by atoms with E-state index in [1.54, 1.807) is 0 Å². The summed E-state index contributed by atoms with van der Waals surface area (Å²) < 4.78 is 0. The molecule has 0 saturated carbocycles. The second-order valence-electron chi connectivity index (χ2n) is 2.79. The van der Waals surface area contributed by atoms with Crippen molar-refractivity contribution in [1.29, 1.82) is 0 Å². The molecular weight excluding hydrogens is 285 g/mol. The maximum absolute atomic E-state index is 6.05. The molecule has 0 aromatic heterocycles. The molecule has 5 heteroatoms. The van der Waals surface area contributed by atoms with Gasteiger partial charge in [-0.05, 0) is 12.5 Å². The monoisotopic (exact) mass is 290 g/mol. The summed E-state index contributed by atoms with van der Waals surface area (Å²) in [5.41, 5.74) is 2.14. The van der Waals surface area contributed by atoms with Crippen molar-refractivity contribution in [3.63, 3.8) is 0 Å². The Kier molecular flexibility index (Phi) is 4.67. The molecule has 0 unspecified atom stereocenters. The highest BCUT2D eigenvalue weighted by Gasteiger charge is 2.17. The molecule has 78 valence electrons. The Morgan fingerprint density at radius 2 is 1.14 bits per heavy atom. The molecule has 1 rings (SSSR count). The van der Waals surface area contributed by atoms with Gasteiger partial charge in [0.15, 0.2) is 0 Å². The number of hydrogen-bond acceptors (Lipinski definition) is 0. The van der Waals surface area contributed by atoms with Crippen LogP contribution in [0.25, 0.3) is 0 Å². The Bertz CT molecular complexity index is 328. The average molecular weight is 292 g/mol. The van der Waals surface area contributed by atoms with E-state index in [4.69, 9.17) is 58.0 Å². The first-order valence-electron chi connectivity index (χ1n) is 3.81. The van der Waals surface area contributed by atoms with E-state index < -0.39 is 0 Å². The fourth-order valence-electron chi connectivity index (χ4n) is 1.16. The quantitative estimate of drug-likeness (QED) is 0.637. The highest BCUT2D eigenvalue weighted by molar-refractivity contribution is 6.42. The Morgan fingerprint density at radius 3 is 1.43 bits per heavy atom. The van der Waals surface area contributed by atoms with Gasteiger partial charge < -0.3 is 0 Å². The molecule has 0 aliphatic carbocycles. The van der Waals surface area contributed by atoms with Crippen molar-refractivity contribution in [2.45, 2.75) is 18.7 Å². The van der Waals surface area contributed by atoms with E-state index in [-0.39, 0.29) is 11.8 Å². The zero-order valence-electron chi connectivity index (χ0n) is 7.30. The number of hydrogen-bond donors (Lipinski definition) is 0. The fourth-order valence-corrected chi connectivity index (χ4v) is 2.95. The molecule has 0 saturated heterocycles. The molecule has 0 atom stereocenters. The van der Waals surface area contributed by atoms with Gasteiger partial charge in [0.1, 0.15) is 0 Å². The van der Waals surface area contributed by atoms with Crippen molar-refractivity contribution in [3.8, 4) is 0 Å². The van der Waals surface area contributed by atoms with Crippen LogP contribution < -0.4 is 0 Å². The van der Waals surface area contributed by atoms with Crippen molar-refractivity contribution >= 4 is 58.0 Å². The van der Waals surface area contributed by atoms with Crippen molar-refractivity contribution in [1.82, 2.24) is 0 Å². The van der Waals surface area contributed by atoms with E-state index in [1.165, 1.54) is 0 Å². The molecular formula is C9H7Cl5. The van der Waals surface area contributed by atoms with Crippen molar-refractivity contribution in [2.24, 2.45) is 0 Å². The minimum atomic E-state index is 0.250. The second kappa shape index (κ2) is 5.14. The molecule has 0 aliphatic heterocycles. The zero-order valence-corrected chi connectivity index (χ0v) is 11.1. The molecule has 0 heterocycles. The third-order valence-corrected chi connectivity index (χ3v) is 4.00. The summed E-state index contributed by atoms with van der Waals surface area (Å²) in [7, 11) is 0. The van der Waals surface area contributed by atoms with Gasteiger partial charge in [0.05, 0.1) is 26.8 Å². The summed E-state index contributed by atoms with van der Waals surface area (Å²) in [6, 6.07) is 0. The lowest BCUT2D eigenvalue weighted by Gasteiger charge is -2.13. The smallest absolute Gasteiger partial charge is 0.0524 e. The minimum absolute atomic E-state index is 0.250. The zero-order chi connectivity index (χ0) is 10.9. The molecule has 0 fully saturated rings. The maximum Gasteiger partial charge on any atom is 0.0524 e. The summed E-state index contributed by atoms with van der Waals surface area (Å²) >= 11 is 29.6. The van der Waals surface area contributed by atoms with Gasteiger partial charge in [-0.2, -0.15) is 0 Å². The summed E-state index contributed by atoms with van der Waals surface area (Å²) in [4.78, 5) is 0. The second-order valence-corrected chi connectivity index (χ2v) is 4.46. The van der Waals surface area contributed by atoms with Gasteiger partial charge in [-0.25, -0.2) is 0 Å². The van der Waals surface area contributed by atoms with Gasteiger partial charge in [0.2, 0.25) is 0 Å². The third-order valence-electron chi connectivity index (χ3n) is 1.99. The van der Waals surface area contributed by atoms with Gasteiger partial charge in [-0.1, -0.05) is 34.8 Å². The highest BCUT2D eigenvalue weighted by Crippen LogP contribution is 2.39. The summed E-state index contributed by atoms with van der Waals surface area (Å²) in [5, 5.41) is 1.50. The molecule has 0 N–H and O–H groups in total. The van der Waals surface area contributed by atoms with Crippen molar-refractivity contribution in [3.05, 3.63) is 31.8 Å². The van der Waals surface area contributed by atoms with E-state index in [0.29, 0.717) is 26.2 Å². The average Bonchev–Trinajstić information content (AvgIpc) is 2.16. The van der Waals surface area contributed by atoms with E-state index in [1.807, 2.05) is 6.92 Å². The first kappa shape index (κ1) is 12.7. The van der Waals surface area contributed by atoms with Crippen LogP contribution in [0.2, 0.25) is 15.1 Å². The van der Waals surface area contributed by atoms with Crippen LogP contribution in [0.4, 0.5) is 0 Å². The predicted octanol–water partition coefficient (Wildman–Crippen LogP) is 5.43.